The number of para-hydroxylation sites is 2. The van der Waals surface area contributed by atoms with Crippen LogP contribution >= 0.6 is 15.9 Å². The zero-order valence-electron chi connectivity index (χ0n) is 14.2. The Hall–Kier alpha value is -2.59. The first-order valence-electron chi connectivity index (χ1n) is 8.66. The van der Waals surface area contributed by atoms with Crippen molar-refractivity contribution in [3.8, 4) is 0 Å². The van der Waals surface area contributed by atoms with Gasteiger partial charge >= 0.3 is 0 Å². The Bertz CT molecular complexity index is 926. The van der Waals surface area contributed by atoms with Crippen molar-refractivity contribution < 1.29 is 4.79 Å². The molecule has 0 saturated carbocycles. The van der Waals surface area contributed by atoms with Crippen LogP contribution in [0.5, 0.6) is 0 Å². The van der Waals surface area contributed by atoms with Crippen LogP contribution < -0.4 is 10.2 Å². The van der Waals surface area contributed by atoms with Gasteiger partial charge in [0.05, 0.1) is 30.4 Å². The molecule has 1 N–H and O–H groups in total. The van der Waals surface area contributed by atoms with Gasteiger partial charge in [0.25, 0.3) is 0 Å². The minimum Gasteiger partial charge on any atom is -0.376 e. The van der Waals surface area contributed by atoms with E-state index in [0.717, 1.165) is 27.0 Å². The monoisotopic (exact) mass is 406 g/mol. The number of nitrogens with zero attached hydrogens (tertiary/aromatic N) is 1. The fourth-order valence-corrected chi connectivity index (χ4v) is 3.77. The number of carbonyl (C=O) groups excluding carboxylic acids is 1. The number of carbonyl (C=O) groups is 1. The summed E-state index contributed by atoms with van der Waals surface area (Å²) in [6, 6.07) is 26.2. The topological polar surface area (TPSA) is 32.3 Å². The molecule has 1 atom stereocenters. The summed E-state index contributed by atoms with van der Waals surface area (Å²) < 4.78 is 1.02. The van der Waals surface area contributed by atoms with Crippen LogP contribution in [-0.2, 0) is 11.3 Å². The molecule has 0 fully saturated rings. The second kappa shape index (κ2) is 7.34. The van der Waals surface area contributed by atoms with Gasteiger partial charge in [-0.3, -0.25) is 4.79 Å². The molecule has 1 amide bonds. The molecule has 3 nitrogen and oxygen atoms in total. The van der Waals surface area contributed by atoms with E-state index in [4.69, 9.17) is 0 Å². The lowest BCUT2D eigenvalue weighted by Gasteiger charge is -2.22. The summed E-state index contributed by atoms with van der Waals surface area (Å²) in [7, 11) is 0. The summed E-state index contributed by atoms with van der Waals surface area (Å²) in [6.07, 6.45) is 0.415. The maximum atomic E-state index is 13.1. The number of amides is 1. The molecule has 1 aliphatic heterocycles. The van der Waals surface area contributed by atoms with Crippen LogP contribution in [0.15, 0.2) is 83.3 Å². The fourth-order valence-electron chi connectivity index (χ4n) is 3.35. The smallest absolute Gasteiger partial charge is 0.229 e. The lowest BCUT2D eigenvalue weighted by atomic mass is 10.0. The van der Waals surface area contributed by atoms with Crippen molar-refractivity contribution in [3.63, 3.8) is 0 Å². The van der Waals surface area contributed by atoms with Crippen molar-refractivity contribution in [1.82, 2.24) is 0 Å². The molecule has 3 aromatic carbocycles. The Kier molecular flexibility index (Phi) is 4.76. The minimum absolute atomic E-state index is 0.0538. The number of rotatable bonds is 3. The standard InChI is InChI=1S/C22H19BrN2O/c23-18-10-6-9-17(13-18)20-14-22(26)25(15-16-7-2-1-3-8-16)21-12-5-4-11-19(21)24-20/h1-13,20,24H,14-15H2. The van der Waals surface area contributed by atoms with Crippen LogP contribution in [0.4, 0.5) is 11.4 Å². The van der Waals surface area contributed by atoms with E-state index in [0.29, 0.717) is 13.0 Å². The number of benzene rings is 3. The predicted molar refractivity (Wildman–Crippen MR) is 109 cm³/mol. The van der Waals surface area contributed by atoms with Crippen LogP contribution in [0, 0.1) is 0 Å². The Morgan fingerprint density at radius 1 is 0.962 bits per heavy atom. The average Bonchev–Trinajstić information content (AvgIpc) is 2.80. The highest BCUT2D eigenvalue weighted by Crippen LogP contribution is 2.36. The molecule has 0 aliphatic carbocycles. The molecule has 26 heavy (non-hydrogen) atoms. The Morgan fingerprint density at radius 3 is 2.54 bits per heavy atom. The third kappa shape index (κ3) is 3.51. The average molecular weight is 407 g/mol. The largest absolute Gasteiger partial charge is 0.376 e. The molecule has 4 rings (SSSR count). The van der Waals surface area contributed by atoms with E-state index < -0.39 is 0 Å². The van der Waals surface area contributed by atoms with Crippen LogP contribution in [-0.4, -0.2) is 5.91 Å². The molecular formula is C22H19BrN2O. The van der Waals surface area contributed by atoms with Crippen molar-refractivity contribution in [2.45, 2.75) is 19.0 Å². The zero-order valence-corrected chi connectivity index (χ0v) is 15.8. The van der Waals surface area contributed by atoms with E-state index in [1.165, 1.54) is 0 Å². The molecule has 1 aliphatic rings. The molecular weight excluding hydrogens is 388 g/mol. The van der Waals surface area contributed by atoms with Crippen molar-refractivity contribution >= 4 is 33.2 Å². The third-order valence-electron chi connectivity index (χ3n) is 4.64. The van der Waals surface area contributed by atoms with Crippen molar-refractivity contribution in [2.75, 3.05) is 10.2 Å². The van der Waals surface area contributed by atoms with Gasteiger partial charge in [0, 0.05) is 4.47 Å². The fraction of sp³-hybridized carbons (Fsp3) is 0.136. The second-order valence-corrected chi connectivity index (χ2v) is 7.35. The van der Waals surface area contributed by atoms with Gasteiger partial charge in [-0.2, -0.15) is 0 Å². The van der Waals surface area contributed by atoms with Gasteiger partial charge in [-0.1, -0.05) is 70.5 Å². The lowest BCUT2D eigenvalue weighted by molar-refractivity contribution is -0.118. The molecule has 130 valence electrons. The summed E-state index contributed by atoms with van der Waals surface area (Å²) in [5.74, 6) is 0.122. The van der Waals surface area contributed by atoms with E-state index in [1.807, 2.05) is 59.5 Å². The molecule has 0 radical (unpaired) electrons. The highest BCUT2D eigenvalue weighted by Gasteiger charge is 2.28. The Labute approximate surface area is 161 Å². The van der Waals surface area contributed by atoms with Gasteiger partial charge in [-0.15, -0.1) is 0 Å². The molecule has 4 heteroatoms. The maximum absolute atomic E-state index is 13.1. The normalized spacial score (nSPS) is 16.6. The summed E-state index contributed by atoms with van der Waals surface area (Å²) in [6.45, 7) is 0.573. The van der Waals surface area contributed by atoms with E-state index >= 15 is 0 Å². The van der Waals surface area contributed by atoms with E-state index in [2.05, 4.69) is 45.5 Å². The number of halogens is 1. The van der Waals surface area contributed by atoms with Gasteiger partial charge in [0.2, 0.25) is 5.91 Å². The number of anilines is 2. The minimum atomic E-state index is -0.0538. The number of hydrogen-bond acceptors (Lipinski definition) is 2. The first kappa shape index (κ1) is 16.9. The van der Waals surface area contributed by atoms with Gasteiger partial charge in [-0.05, 0) is 35.4 Å². The molecule has 0 saturated heterocycles. The van der Waals surface area contributed by atoms with Crippen LogP contribution in [0.3, 0.4) is 0 Å². The predicted octanol–water partition coefficient (Wildman–Crippen LogP) is 5.54. The molecule has 3 aromatic rings. The molecule has 0 aromatic heterocycles. The zero-order chi connectivity index (χ0) is 17.9. The van der Waals surface area contributed by atoms with Crippen LogP contribution in [0.25, 0.3) is 0 Å². The van der Waals surface area contributed by atoms with E-state index in [1.54, 1.807) is 0 Å². The lowest BCUT2D eigenvalue weighted by Crippen LogP contribution is -2.30. The Morgan fingerprint density at radius 2 is 1.73 bits per heavy atom. The third-order valence-corrected chi connectivity index (χ3v) is 5.13. The number of nitrogens with one attached hydrogen (secondary N) is 1. The number of hydrogen-bond donors (Lipinski definition) is 1. The SMILES string of the molecule is O=C1CC(c2cccc(Br)c2)Nc2ccccc2N1Cc1ccccc1. The van der Waals surface area contributed by atoms with Gasteiger partial charge in [-0.25, -0.2) is 0 Å². The highest BCUT2D eigenvalue weighted by molar-refractivity contribution is 9.10. The van der Waals surface area contributed by atoms with Crippen LogP contribution in [0.1, 0.15) is 23.6 Å². The first-order chi connectivity index (χ1) is 12.7. The number of fused-ring (bicyclic) bond motifs is 1. The van der Waals surface area contributed by atoms with Crippen molar-refractivity contribution in [3.05, 3.63) is 94.5 Å². The molecule has 0 spiro atoms. The van der Waals surface area contributed by atoms with Gasteiger partial charge in [0.15, 0.2) is 0 Å². The summed E-state index contributed by atoms with van der Waals surface area (Å²) in [4.78, 5) is 15.0. The van der Waals surface area contributed by atoms with Crippen molar-refractivity contribution in [1.29, 1.82) is 0 Å². The summed E-state index contributed by atoms with van der Waals surface area (Å²) >= 11 is 3.53. The summed E-state index contributed by atoms with van der Waals surface area (Å²) in [5.41, 5.74) is 4.14. The Balaban J connectivity index is 1.71. The highest BCUT2D eigenvalue weighted by atomic mass is 79.9. The second-order valence-electron chi connectivity index (χ2n) is 6.44. The van der Waals surface area contributed by atoms with Gasteiger partial charge < -0.3 is 10.2 Å². The van der Waals surface area contributed by atoms with Crippen molar-refractivity contribution in [2.24, 2.45) is 0 Å². The maximum Gasteiger partial charge on any atom is 0.229 e. The first-order valence-corrected chi connectivity index (χ1v) is 9.45. The van der Waals surface area contributed by atoms with Crippen LogP contribution in [0.2, 0.25) is 0 Å². The summed E-state index contributed by atoms with van der Waals surface area (Å²) in [5, 5.41) is 3.57. The van der Waals surface area contributed by atoms with E-state index in [9.17, 15) is 4.79 Å². The molecule has 1 heterocycles. The quantitative estimate of drug-likeness (QED) is 0.619. The molecule has 1 unspecified atom stereocenters. The van der Waals surface area contributed by atoms with Gasteiger partial charge in [0.1, 0.15) is 0 Å². The molecule has 0 bridgehead atoms. The van der Waals surface area contributed by atoms with E-state index in [-0.39, 0.29) is 11.9 Å².